The highest BCUT2D eigenvalue weighted by molar-refractivity contribution is 5.65. The van der Waals surface area contributed by atoms with Gasteiger partial charge < -0.3 is 24.8 Å². The lowest BCUT2D eigenvalue weighted by Crippen LogP contribution is -2.01. The van der Waals surface area contributed by atoms with E-state index in [0.717, 1.165) is 38.9 Å². The van der Waals surface area contributed by atoms with Gasteiger partial charge in [-0.25, -0.2) is 0 Å². The molecule has 0 aliphatic carbocycles. The predicted octanol–water partition coefficient (Wildman–Crippen LogP) is 7.08. The van der Waals surface area contributed by atoms with Crippen molar-refractivity contribution in [1.82, 2.24) is 0 Å². The second-order valence-electron chi connectivity index (χ2n) is 9.00. The average Bonchev–Trinajstić information content (AvgIpc) is 2.96. The van der Waals surface area contributed by atoms with Crippen LogP contribution in [-0.2, 0) is 19.8 Å². The fourth-order valence-electron chi connectivity index (χ4n) is 4.10. The molecule has 0 saturated carbocycles. The molecule has 0 saturated heterocycles. The van der Waals surface area contributed by atoms with E-state index in [1.165, 1.54) is 0 Å². The normalized spacial score (nSPS) is 10.8. The molecule has 0 fully saturated rings. The van der Waals surface area contributed by atoms with Crippen molar-refractivity contribution in [2.75, 3.05) is 0 Å². The molecule has 0 atom stereocenters. The van der Waals surface area contributed by atoms with Crippen molar-refractivity contribution in [2.24, 2.45) is 0 Å². The number of aliphatic hydroxyl groups excluding tert-OH is 1. The molecule has 5 heteroatoms. The SMILES string of the molecule is OCc1ccc(OCc2ccc(-c3ccc(O)cc3)cc2)c(OCc2ccc(-c3ccc(O)cc3)cc2)c1. The highest BCUT2D eigenvalue weighted by Crippen LogP contribution is 2.31. The summed E-state index contributed by atoms with van der Waals surface area (Å²) in [5, 5.41) is 28.6. The number of ether oxygens (including phenoxy) is 2. The van der Waals surface area contributed by atoms with Crippen molar-refractivity contribution in [3.05, 3.63) is 132 Å². The molecule has 5 aromatic carbocycles. The molecule has 0 unspecified atom stereocenters. The third-order valence-corrected chi connectivity index (χ3v) is 6.29. The Kier molecular flexibility index (Phi) is 7.57. The van der Waals surface area contributed by atoms with Crippen LogP contribution in [0.2, 0.25) is 0 Å². The second-order valence-corrected chi connectivity index (χ2v) is 9.00. The van der Waals surface area contributed by atoms with Crippen molar-refractivity contribution in [2.45, 2.75) is 19.8 Å². The van der Waals surface area contributed by atoms with Gasteiger partial charge in [0.05, 0.1) is 6.61 Å². The van der Waals surface area contributed by atoms with Crippen LogP contribution in [-0.4, -0.2) is 15.3 Å². The Morgan fingerprint density at radius 2 is 0.789 bits per heavy atom. The van der Waals surface area contributed by atoms with E-state index in [0.29, 0.717) is 24.7 Å². The van der Waals surface area contributed by atoms with E-state index in [4.69, 9.17) is 9.47 Å². The maximum absolute atomic E-state index is 9.61. The molecule has 5 aromatic rings. The van der Waals surface area contributed by atoms with Gasteiger partial charge in [0.1, 0.15) is 24.7 Å². The monoisotopic (exact) mass is 504 g/mol. The summed E-state index contributed by atoms with van der Waals surface area (Å²) in [4.78, 5) is 0. The van der Waals surface area contributed by atoms with Crippen molar-refractivity contribution in [3.8, 4) is 45.3 Å². The minimum Gasteiger partial charge on any atom is -0.508 e. The maximum Gasteiger partial charge on any atom is 0.162 e. The number of phenolic OH excluding ortho intramolecular Hbond substituents is 2. The van der Waals surface area contributed by atoms with Gasteiger partial charge in [0.25, 0.3) is 0 Å². The van der Waals surface area contributed by atoms with Gasteiger partial charge in [-0.15, -0.1) is 0 Å². The quantitative estimate of drug-likeness (QED) is 0.200. The molecule has 0 radical (unpaired) electrons. The number of hydrogen-bond donors (Lipinski definition) is 3. The Bertz CT molecular complexity index is 1470. The summed E-state index contributed by atoms with van der Waals surface area (Å²) in [6.45, 7) is 0.630. The number of aromatic hydroxyl groups is 2. The Labute approximate surface area is 221 Å². The van der Waals surface area contributed by atoms with Gasteiger partial charge >= 0.3 is 0 Å². The van der Waals surface area contributed by atoms with Crippen LogP contribution in [0.4, 0.5) is 0 Å². The van der Waals surface area contributed by atoms with Crippen LogP contribution >= 0.6 is 0 Å². The second kappa shape index (κ2) is 11.5. The van der Waals surface area contributed by atoms with Crippen LogP contribution in [0, 0.1) is 0 Å². The van der Waals surface area contributed by atoms with Crippen molar-refractivity contribution in [3.63, 3.8) is 0 Å². The summed E-state index contributed by atoms with van der Waals surface area (Å²) in [7, 11) is 0. The highest BCUT2D eigenvalue weighted by atomic mass is 16.5. The third kappa shape index (κ3) is 6.14. The summed E-state index contributed by atoms with van der Waals surface area (Å²) in [6, 6.07) is 35.8. The molecule has 0 aliphatic heterocycles. The van der Waals surface area contributed by atoms with E-state index in [2.05, 4.69) is 0 Å². The predicted molar refractivity (Wildman–Crippen MR) is 148 cm³/mol. The van der Waals surface area contributed by atoms with Crippen LogP contribution in [0.5, 0.6) is 23.0 Å². The Morgan fingerprint density at radius 3 is 1.21 bits per heavy atom. The molecule has 0 amide bonds. The Balaban J connectivity index is 1.24. The van der Waals surface area contributed by atoms with Gasteiger partial charge in [0.15, 0.2) is 11.5 Å². The topological polar surface area (TPSA) is 79.2 Å². The van der Waals surface area contributed by atoms with Crippen LogP contribution in [0.25, 0.3) is 22.3 Å². The summed E-state index contributed by atoms with van der Waals surface area (Å²) >= 11 is 0. The van der Waals surface area contributed by atoms with Gasteiger partial charge in [0, 0.05) is 0 Å². The first-order valence-electron chi connectivity index (χ1n) is 12.3. The van der Waals surface area contributed by atoms with E-state index in [-0.39, 0.29) is 18.1 Å². The molecule has 0 bridgehead atoms. The zero-order valence-corrected chi connectivity index (χ0v) is 20.7. The van der Waals surface area contributed by atoms with Gasteiger partial charge in [-0.1, -0.05) is 78.9 Å². The first-order chi connectivity index (χ1) is 18.6. The van der Waals surface area contributed by atoms with Crippen LogP contribution in [0.1, 0.15) is 16.7 Å². The molecular weight excluding hydrogens is 476 g/mol. The van der Waals surface area contributed by atoms with E-state index in [1.54, 1.807) is 30.3 Å². The number of phenols is 2. The first kappa shape index (κ1) is 24.9. The number of hydrogen-bond acceptors (Lipinski definition) is 5. The minimum absolute atomic E-state index is 0.0866. The zero-order chi connectivity index (χ0) is 26.3. The largest absolute Gasteiger partial charge is 0.508 e. The molecule has 0 aromatic heterocycles. The molecule has 5 nitrogen and oxygen atoms in total. The van der Waals surface area contributed by atoms with Crippen LogP contribution in [0.3, 0.4) is 0 Å². The molecule has 38 heavy (non-hydrogen) atoms. The molecule has 190 valence electrons. The number of aliphatic hydroxyl groups is 1. The Hall–Kier alpha value is -4.74. The van der Waals surface area contributed by atoms with Gasteiger partial charge in [-0.2, -0.15) is 0 Å². The summed E-state index contributed by atoms with van der Waals surface area (Å²) in [5.74, 6) is 1.66. The van der Waals surface area contributed by atoms with Crippen LogP contribution < -0.4 is 9.47 Å². The standard InChI is InChI=1S/C33H28O5/c34-20-25-5-18-32(37-21-23-1-6-26(7-2-23)28-10-14-30(35)15-11-28)33(19-25)38-22-24-3-8-27(9-4-24)29-12-16-31(36)17-13-29/h1-19,34-36H,20-22H2. The zero-order valence-electron chi connectivity index (χ0n) is 20.7. The smallest absolute Gasteiger partial charge is 0.162 e. The molecule has 0 aliphatic rings. The molecule has 0 heterocycles. The third-order valence-electron chi connectivity index (χ3n) is 6.29. The van der Waals surface area contributed by atoms with E-state index >= 15 is 0 Å². The van der Waals surface area contributed by atoms with E-state index in [1.807, 2.05) is 84.9 Å². The van der Waals surface area contributed by atoms with Crippen LogP contribution in [0.15, 0.2) is 115 Å². The van der Waals surface area contributed by atoms with Gasteiger partial charge in [0.2, 0.25) is 0 Å². The lowest BCUT2D eigenvalue weighted by atomic mass is 10.0. The number of rotatable bonds is 9. The summed E-state index contributed by atoms with van der Waals surface area (Å²) in [6.07, 6.45) is 0. The molecular formula is C33H28O5. The first-order valence-corrected chi connectivity index (χ1v) is 12.3. The fourth-order valence-corrected chi connectivity index (χ4v) is 4.10. The summed E-state index contributed by atoms with van der Waals surface area (Å²) < 4.78 is 12.2. The molecule has 3 N–H and O–H groups in total. The lowest BCUT2D eigenvalue weighted by molar-refractivity contribution is 0.252. The lowest BCUT2D eigenvalue weighted by Gasteiger charge is -2.15. The van der Waals surface area contributed by atoms with Gasteiger partial charge in [-0.05, 0) is 75.3 Å². The van der Waals surface area contributed by atoms with E-state index < -0.39 is 0 Å². The number of benzene rings is 5. The fraction of sp³-hybridized carbons (Fsp3) is 0.0909. The summed E-state index contributed by atoms with van der Waals surface area (Å²) in [5.41, 5.74) is 6.91. The Morgan fingerprint density at radius 1 is 0.421 bits per heavy atom. The van der Waals surface area contributed by atoms with Crippen molar-refractivity contribution < 1.29 is 24.8 Å². The minimum atomic E-state index is -0.0866. The average molecular weight is 505 g/mol. The van der Waals surface area contributed by atoms with Crippen molar-refractivity contribution in [1.29, 1.82) is 0 Å². The maximum atomic E-state index is 9.61. The molecule has 0 spiro atoms. The highest BCUT2D eigenvalue weighted by Gasteiger charge is 2.09. The van der Waals surface area contributed by atoms with E-state index in [9.17, 15) is 15.3 Å². The molecule has 5 rings (SSSR count). The van der Waals surface area contributed by atoms with Crippen molar-refractivity contribution >= 4 is 0 Å². The van der Waals surface area contributed by atoms with Gasteiger partial charge in [-0.3, -0.25) is 0 Å².